The van der Waals surface area contributed by atoms with Gasteiger partial charge in [0.05, 0.1) is 0 Å². The highest BCUT2D eigenvalue weighted by Crippen LogP contribution is 1.94. The summed E-state index contributed by atoms with van der Waals surface area (Å²) in [4.78, 5) is 0. The molecule has 0 saturated heterocycles. The fraction of sp³-hybridized carbons (Fsp3) is 1.00. The molecule has 0 atom stereocenters. The third-order valence-electron chi connectivity index (χ3n) is 0.706. The summed E-state index contributed by atoms with van der Waals surface area (Å²) in [5.74, 6) is 0.648. The van der Waals surface area contributed by atoms with Crippen LogP contribution in [0.5, 0.6) is 0 Å². The molecule has 0 aromatic carbocycles. The minimum absolute atomic E-state index is 0. The van der Waals surface area contributed by atoms with Crippen LogP contribution in [0.4, 0.5) is 0 Å². The van der Waals surface area contributed by atoms with Gasteiger partial charge < -0.3 is 17.4 Å². The Balaban J connectivity index is -0.0000000546. The van der Waals surface area contributed by atoms with Crippen molar-refractivity contribution in [2.24, 2.45) is 5.92 Å². The monoisotopic (exact) mass is 220 g/mol. The summed E-state index contributed by atoms with van der Waals surface area (Å²) < 4.78 is 31.6. The largest absolute Gasteiger partial charge is 0.396 e. The summed E-state index contributed by atoms with van der Waals surface area (Å²) in [5.41, 5.74) is 0. The van der Waals surface area contributed by atoms with E-state index in [1.54, 1.807) is 0 Å². The molecule has 13 heavy (non-hydrogen) atoms. The van der Waals surface area contributed by atoms with Gasteiger partial charge in [-0.05, 0) is 12.3 Å². The highest BCUT2D eigenvalue weighted by atomic mass is 32.3. The van der Waals surface area contributed by atoms with Crippen molar-refractivity contribution in [3.8, 4) is 0 Å². The number of hydrogen-bond acceptors (Lipinski definition) is 5. The van der Waals surface area contributed by atoms with Crippen LogP contribution in [-0.4, -0.2) is 29.2 Å². The summed E-state index contributed by atoms with van der Waals surface area (Å²) in [6, 6.07) is 0. The van der Waals surface area contributed by atoms with E-state index in [-0.39, 0.29) is 12.3 Å². The van der Waals surface area contributed by atoms with Crippen LogP contribution in [-0.2, 0) is 10.4 Å². The van der Waals surface area contributed by atoms with E-state index in [1.807, 2.05) is 0 Å². The maximum Gasteiger partial charge on any atom is 0.394 e. The summed E-state index contributed by atoms with van der Waals surface area (Å²) in [6.45, 7) is 4.52. The van der Waals surface area contributed by atoms with Crippen molar-refractivity contribution in [2.75, 3.05) is 6.61 Å². The van der Waals surface area contributed by atoms with E-state index in [9.17, 15) is 0 Å². The highest BCUT2D eigenvalue weighted by molar-refractivity contribution is 7.79. The summed E-state index contributed by atoms with van der Waals surface area (Å²) in [7, 11) is -4.67. The molecule has 9 N–H and O–H groups in total. The zero-order chi connectivity index (χ0) is 9.49. The zero-order valence-corrected chi connectivity index (χ0v) is 8.79. The molecule has 0 aromatic heterocycles. The van der Waals surface area contributed by atoms with Gasteiger partial charge in [-0.3, -0.25) is 9.11 Å². The molecule has 0 rings (SSSR count). The maximum absolute atomic E-state index is 8.74. The first-order valence-corrected chi connectivity index (χ1v) is 4.47. The van der Waals surface area contributed by atoms with Crippen molar-refractivity contribution in [3.63, 3.8) is 0 Å². The molecule has 0 aromatic rings. The van der Waals surface area contributed by atoms with Crippen LogP contribution >= 0.6 is 0 Å². The molecule has 0 radical (unpaired) electrons. The average Bonchev–Trinajstić information content (AvgIpc) is 1.58. The Morgan fingerprint density at radius 3 is 1.38 bits per heavy atom. The van der Waals surface area contributed by atoms with E-state index in [0.29, 0.717) is 12.5 Å². The smallest absolute Gasteiger partial charge is 0.394 e. The molecule has 0 fully saturated rings. The molecule has 0 bridgehead atoms. The van der Waals surface area contributed by atoms with E-state index in [1.165, 1.54) is 0 Å². The van der Waals surface area contributed by atoms with Crippen molar-refractivity contribution in [3.05, 3.63) is 0 Å². The lowest BCUT2D eigenvalue weighted by atomic mass is 10.2. The van der Waals surface area contributed by atoms with Gasteiger partial charge in [-0.25, -0.2) is 0 Å². The molecule has 0 aliphatic rings. The standard InChI is InChI=1S/C5H12O.2H3N.H2O4S/c1-5(2)3-4-6;;;1-5(2,3)4/h5-6H,3-4H2,1-2H3;2*1H3;(H2,1,2,3,4). The van der Waals surface area contributed by atoms with Gasteiger partial charge in [-0.15, -0.1) is 0 Å². The van der Waals surface area contributed by atoms with Crippen molar-refractivity contribution in [1.82, 2.24) is 12.3 Å². The fourth-order valence-corrected chi connectivity index (χ4v) is 0.258. The van der Waals surface area contributed by atoms with Crippen molar-refractivity contribution in [1.29, 1.82) is 0 Å². The van der Waals surface area contributed by atoms with Crippen molar-refractivity contribution < 1.29 is 22.6 Å². The minimum atomic E-state index is -4.67. The molecule has 0 amide bonds. The Labute approximate surface area is 78.9 Å². The van der Waals surface area contributed by atoms with E-state index < -0.39 is 10.4 Å². The van der Waals surface area contributed by atoms with Gasteiger partial charge in [0.15, 0.2) is 0 Å². The third-order valence-corrected chi connectivity index (χ3v) is 0.706. The van der Waals surface area contributed by atoms with Crippen LogP contribution in [0.1, 0.15) is 20.3 Å². The molecule has 0 aliphatic carbocycles. The fourth-order valence-electron chi connectivity index (χ4n) is 0.258. The zero-order valence-electron chi connectivity index (χ0n) is 7.97. The lowest BCUT2D eigenvalue weighted by molar-refractivity contribution is 0.268. The lowest BCUT2D eigenvalue weighted by Gasteiger charge is -1.95. The number of rotatable bonds is 2. The Morgan fingerprint density at radius 1 is 1.15 bits per heavy atom. The number of hydrogen-bond donors (Lipinski definition) is 5. The van der Waals surface area contributed by atoms with Gasteiger partial charge in [0, 0.05) is 6.61 Å². The summed E-state index contributed by atoms with van der Waals surface area (Å²) >= 11 is 0. The second-order valence-corrected chi connectivity index (χ2v) is 3.25. The summed E-state index contributed by atoms with van der Waals surface area (Å²) in [5, 5.41) is 8.24. The molecule has 8 heteroatoms. The molecule has 0 saturated carbocycles. The Bertz CT molecular complexity index is 160. The second kappa shape index (κ2) is 11.8. The van der Waals surface area contributed by atoms with Crippen LogP contribution in [0.2, 0.25) is 0 Å². The molecule has 0 spiro atoms. The molecule has 0 unspecified atom stereocenters. The highest BCUT2D eigenvalue weighted by Gasteiger charge is 1.86. The normalized spacial score (nSPS) is 9.08. The first-order chi connectivity index (χ1) is 4.77. The van der Waals surface area contributed by atoms with Gasteiger partial charge in [0.25, 0.3) is 0 Å². The van der Waals surface area contributed by atoms with Crippen molar-refractivity contribution in [2.45, 2.75) is 20.3 Å². The predicted octanol–water partition coefficient (Wildman–Crippen LogP) is 0.696. The molecule has 0 aliphatic heterocycles. The predicted molar refractivity (Wildman–Crippen MR) is 50.8 cm³/mol. The third kappa shape index (κ3) is 148. The summed E-state index contributed by atoms with van der Waals surface area (Å²) in [6.07, 6.45) is 0.931. The topological polar surface area (TPSA) is 165 Å². The number of aliphatic hydroxyl groups excluding tert-OH is 1. The van der Waals surface area contributed by atoms with Gasteiger partial charge in [0.1, 0.15) is 0 Å². The Hall–Kier alpha value is -0.250. The van der Waals surface area contributed by atoms with Gasteiger partial charge in [-0.2, -0.15) is 8.42 Å². The molecular weight excluding hydrogens is 200 g/mol. The van der Waals surface area contributed by atoms with Crippen LogP contribution in [0.25, 0.3) is 0 Å². The van der Waals surface area contributed by atoms with E-state index >= 15 is 0 Å². The SMILES string of the molecule is CC(C)CCO.N.N.O=S(=O)(O)O. The second-order valence-electron chi connectivity index (χ2n) is 2.35. The average molecular weight is 220 g/mol. The van der Waals surface area contributed by atoms with E-state index in [0.717, 1.165) is 6.42 Å². The lowest BCUT2D eigenvalue weighted by Crippen LogP contribution is -1.89. The maximum atomic E-state index is 8.74. The van der Waals surface area contributed by atoms with Crippen LogP contribution in [0.15, 0.2) is 0 Å². The Kier molecular flexibility index (Phi) is 20.8. The van der Waals surface area contributed by atoms with Gasteiger partial charge in [0.2, 0.25) is 0 Å². The minimum Gasteiger partial charge on any atom is -0.396 e. The first-order valence-electron chi connectivity index (χ1n) is 3.08. The quantitative estimate of drug-likeness (QED) is 0.427. The van der Waals surface area contributed by atoms with E-state index in [2.05, 4.69) is 13.8 Å². The molecule has 86 valence electrons. The van der Waals surface area contributed by atoms with Crippen LogP contribution in [0, 0.1) is 5.92 Å². The van der Waals surface area contributed by atoms with E-state index in [4.69, 9.17) is 22.6 Å². The number of aliphatic hydroxyl groups is 1. The Morgan fingerprint density at radius 2 is 1.38 bits per heavy atom. The molecule has 7 nitrogen and oxygen atoms in total. The van der Waals surface area contributed by atoms with Crippen molar-refractivity contribution >= 4 is 10.4 Å². The molecular formula is C5H20N2O5S. The van der Waals surface area contributed by atoms with Gasteiger partial charge in [-0.1, -0.05) is 13.8 Å². The first kappa shape index (κ1) is 23.0. The van der Waals surface area contributed by atoms with Gasteiger partial charge >= 0.3 is 10.4 Å². The van der Waals surface area contributed by atoms with Crippen LogP contribution < -0.4 is 12.3 Å². The molecule has 0 heterocycles. The van der Waals surface area contributed by atoms with Crippen LogP contribution in [0.3, 0.4) is 0 Å².